The Hall–Kier alpha value is -3.72. The molecule has 9 heteroatoms. The van der Waals surface area contributed by atoms with Crippen molar-refractivity contribution in [2.24, 2.45) is 0 Å². The van der Waals surface area contributed by atoms with Crippen molar-refractivity contribution in [3.05, 3.63) is 113 Å². The molecule has 1 N–H and O–H groups in total. The van der Waals surface area contributed by atoms with E-state index >= 15 is 0 Å². The zero-order valence-electron chi connectivity index (χ0n) is 24.2. The standard InChI is InChI=1S/C33H36ClN3O4S/c1-33(2,3)35-32(39)30(20-24-11-6-5-7-12-24)37(22-25-13-10-16-28(34)19-25)31(38)23-36(4)42(40,41)29-18-17-26-14-8-9-15-27(26)21-29/h5-19,21,30H,20,22-23H2,1-4H3,(H,35,39). The Kier molecular flexibility index (Phi) is 9.71. The Morgan fingerprint density at radius 3 is 2.14 bits per heavy atom. The molecule has 0 aromatic heterocycles. The first-order valence-electron chi connectivity index (χ1n) is 13.7. The summed E-state index contributed by atoms with van der Waals surface area (Å²) < 4.78 is 28.2. The fourth-order valence-electron chi connectivity index (χ4n) is 4.71. The molecule has 1 atom stereocenters. The number of amides is 2. The van der Waals surface area contributed by atoms with Crippen molar-refractivity contribution < 1.29 is 18.0 Å². The third kappa shape index (κ3) is 7.97. The van der Waals surface area contributed by atoms with E-state index in [1.165, 1.54) is 18.0 Å². The van der Waals surface area contributed by atoms with E-state index in [0.717, 1.165) is 26.2 Å². The average molecular weight is 606 g/mol. The number of rotatable bonds is 10. The highest BCUT2D eigenvalue weighted by Gasteiger charge is 2.34. The third-order valence-electron chi connectivity index (χ3n) is 6.80. The highest BCUT2D eigenvalue weighted by Crippen LogP contribution is 2.23. The van der Waals surface area contributed by atoms with Crippen LogP contribution in [0.2, 0.25) is 5.02 Å². The van der Waals surface area contributed by atoms with E-state index in [4.69, 9.17) is 11.6 Å². The van der Waals surface area contributed by atoms with E-state index in [2.05, 4.69) is 5.32 Å². The lowest BCUT2D eigenvalue weighted by atomic mass is 10.0. The number of fused-ring (bicyclic) bond motifs is 1. The maximum atomic E-state index is 14.0. The Balaban J connectivity index is 1.69. The second kappa shape index (κ2) is 13.1. The molecule has 220 valence electrons. The molecule has 0 aliphatic carbocycles. The van der Waals surface area contributed by atoms with Crippen molar-refractivity contribution in [1.29, 1.82) is 0 Å². The molecule has 4 rings (SSSR count). The van der Waals surface area contributed by atoms with Crippen LogP contribution in [0.15, 0.2) is 102 Å². The van der Waals surface area contributed by atoms with Gasteiger partial charge in [-0.05, 0) is 66.9 Å². The second-order valence-electron chi connectivity index (χ2n) is 11.4. The van der Waals surface area contributed by atoms with E-state index < -0.39 is 34.1 Å². The van der Waals surface area contributed by atoms with Crippen molar-refractivity contribution >= 4 is 44.2 Å². The van der Waals surface area contributed by atoms with Gasteiger partial charge in [-0.2, -0.15) is 4.31 Å². The van der Waals surface area contributed by atoms with Crippen LogP contribution in [0, 0.1) is 0 Å². The lowest BCUT2D eigenvalue weighted by molar-refractivity contribution is -0.141. The number of halogens is 1. The van der Waals surface area contributed by atoms with Crippen LogP contribution in [0.25, 0.3) is 10.8 Å². The zero-order chi connectivity index (χ0) is 30.5. The number of likely N-dealkylation sites (N-methyl/N-ethyl adjacent to an activating group) is 1. The summed E-state index contributed by atoms with van der Waals surface area (Å²) in [4.78, 5) is 29.3. The van der Waals surface area contributed by atoms with Gasteiger partial charge in [0, 0.05) is 30.6 Å². The SMILES string of the molecule is CN(CC(=O)N(Cc1cccc(Cl)c1)C(Cc1ccccc1)C(=O)NC(C)(C)C)S(=O)(=O)c1ccc2ccccc2c1. The number of nitrogens with one attached hydrogen (secondary N) is 1. The Bertz CT molecular complexity index is 1670. The lowest BCUT2D eigenvalue weighted by Gasteiger charge is -2.34. The molecule has 0 fully saturated rings. The summed E-state index contributed by atoms with van der Waals surface area (Å²) in [5.74, 6) is -0.839. The first kappa shape index (κ1) is 31.2. The molecule has 0 saturated heterocycles. The van der Waals surface area contributed by atoms with Crippen LogP contribution in [0.4, 0.5) is 0 Å². The molecule has 0 radical (unpaired) electrons. The monoisotopic (exact) mass is 605 g/mol. The van der Waals surface area contributed by atoms with Gasteiger partial charge in [0.15, 0.2) is 0 Å². The van der Waals surface area contributed by atoms with Gasteiger partial charge in [-0.3, -0.25) is 9.59 Å². The Labute approximate surface area is 253 Å². The van der Waals surface area contributed by atoms with Crippen LogP contribution in [-0.2, 0) is 32.6 Å². The first-order valence-corrected chi connectivity index (χ1v) is 15.5. The Morgan fingerprint density at radius 1 is 0.833 bits per heavy atom. The normalized spacial score (nSPS) is 12.7. The van der Waals surface area contributed by atoms with Crippen molar-refractivity contribution in [2.45, 2.75) is 50.2 Å². The molecule has 0 saturated carbocycles. The summed E-state index contributed by atoms with van der Waals surface area (Å²) in [6.07, 6.45) is 0.246. The van der Waals surface area contributed by atoms with E-state index in [-0.39, 0.29) is 23.8 Å². The molecule has 2 amide bonds. The summed E-state index contributed by atoms with van der Waals surface area (Å²) in [6, 6.07) is 28.0. The van der Waals surface area contributed by atoms with Gasteiger partial charge in [-0.1, -0.05) is 84.4 Å². The van der Waals surface area contributed by atoms with Crippen LogP contribution in [-0.4, -0.2) is 54.6 Å². The van der Waals surface area contributed by atoms with Gasteiger partial charge in [0.25, 0.3) is 0 Å². The molecule has 0 spiro atoms. The van der Waals surface area contributed by atoms with Crippen molar-refractivity contribution in [3.8, 4) is 0 Å². The number of benzene rings is 4. The largest absolute Gasteiger partial charge is 0.350 e. The summed E-state index contributed by atoms with van der Waals surface area (Å²) in [5.41, 5.74) is 1.04. The van der Waals surface area contributed by atoms with Crippen LogP contribution < -0.4 is 5.32 Å². The minimum atomic E-state index is -4.01. The Morgan fingerprint density at radius 2 is 1.48 bits per heavy atom. The quantitative estimate of drug-likeness (QED) is 0.252. The number of hydrogen-bond donors (Lipinski definition) is 1. The molecule has 4 aromatic carbocycles. The third-order valence-corrected chi connectivity index (χ3v) is 8.83. The van der Waals surface area contributed by atoms with Crippen molar-refractivity contribution in [2.75, 3.05) is 13.6 Å². The fourth-order valence-corrected chi connectivity index (χ4v) is 6.08. The summed E-state index contributed by atoms with van der Waals surface area (Å²) in [6.45, 7) is 5.23. The molecule has 1 unspecified atom stereocenters. The minimum absolute atomic E-state index is 0.0678. The van der Waals surface area contributed by atoms with Crippen molar-refractivity contribution in [1.82, 2.24) is 14.5 Å². The average Bonchev–Trinajstić information content (AvgIpc) is 2.94. The molecule has 7 nitrogen and oxygen atoms in total. The van der Waals surface area contributed by atoms with Crippen LogP contribution in [0.5, 0.6) is 0 Å². The maximum Gasteiger partial charge on any atom is 0.243 e. The fraction of sp³-hybridized carbons (Fsp3) is 0.273. The molecule has 42 heavy (non-hydrogen) atoms. The minimum Gasteiger partial charge on any atom is -0.350 e. The predicted octanol–water partition coefficient (Wildman–Crippen LogP) is 5.67. The highest BCUT2D eigenvalue weighted by molar-refractivity contribution is 7.89. The number of carbonyl (C=O) groups is 2. The smallest absolute Gasteiger partial charge is 0.243 e. The van der Waals surface area contributed by atoms with Crippen molar-refractivity contribution in [3.63, 3.8) is 0 Å². The lowest BCUT2D eigenvalue weighted by Crippen LogP contribution is -2.56. The number of sulfonamides is 1. The molecule has 4 aromatic rings. The molecule has 0 aliphatic rings. The van der Waals surface area contributed by atoms with Gasteiger partial charge >= 0.3 is 0 Å². The predicted molar refractivity (Wildman–Crippen MR) is 168 cm³/mol. The van der Waals surface area contributed by atoms with E-state index in [1.807, 2.05) is 81.4 Å². The van der Waals surface area contributed by atoms with Gasteiger partial charge in [-0.25, -0.2) is 8.42 Å². The molecular weight excluding hydrogens is 570 g/mol. The number of nitrogens with zero attached hydrogens (tertiary/aromatic N) is 2. The van der Waals surface area contributed by atoms with E-state index in [9.17, 15) is 18.0 Å². The number of carbonyl (C=O) groups excluding carboxylic acids is 2. The van der Waals surface area contributed by atoms with Gasteiger partial charge < -0.3 is 10.2 Å². The van der Waals surface area contributed by atoms with Crippen LogP contribution >= 0.6 is 11.6 Å². The first-order chi connectivity index (χ1) is 19.8. The summed E-state index contributed by atoms with van der Waals surface area (Å²) in [7, 11) is -2.63. The number of hydrogen-bond acceptors (Lipinski definition) is 4. The van der Waals surface area contributed by atoms with Gasteiger partial charge in [0.05, 0.1) is 11.4 Å². The van der Waals surface area contributed by atoms with E-state index in [0.29, 0.717) is 5.02 Å². The second-order valence-corrected chi connectivity index (χ2v) is 13.8. The topological polar surface area (TPSA) is 86.8 Å². The molecule has 0 heterocycles. The summed E-state index contributed by atoms with van der Waals surface area (Å²) in [5, 5.41) is 5.20. The van der Waals surface area contributed by atoms with Gasteiger partial charge in [0.2, 0.25) is 21.8 Å². The zero-order valence-corrected chi connectivity index (χ0v) is 25.8. The van der Waals surface area contributed by atoms with E-state index in [1.54, 1.807) is 30.3 Å². The van der Waals surface area contributed by atoms with Gasteiger partial charge in [0.1, 0.15) is 6.04 Å². The molecule has 0 aliphatic heterocycles. The van der Waals surface area contributed by atoms with Gasteiger partial charge in [-0.15, -0.1) is 0 Å². The summed E-state index contributed by atoms with van der Waals surface area (Å²) >= 11 is 6.25. The molecular formula is C33H36ClN3O4S. The highest BCUT2D eigenvalue weighted by atomic mass is 35.5. The van der Waals surface area contributed by atoms with Crippen LogP contribution in [0.3, 0.4) is 0 Å². The molecule has 0 bridgehead atoms. The van der Waals surface area contributed by atoms with Crippen LogP contribution in [0.1, 0.15) is 31.9 Å². The maximum absolute atomic E-state index is 14.0.